The number of carboxylic acids is 1. The predicted molar refractivity (Wildman–Crippen MR) is 81.5 cm³/mol. The highest BCUT2D eigenvalue weighted by Crippen LogP contribution is 2.37. The molecule has 7 nitrogen and oxygen atoms in total. The molecular formula is C15H15N3O4. The minimum Gasteiger partial charge on any atom is -0.495 e. The minimum atomic E-state index is -1.02. The molecule has 0 radical (unpaired) electrons. The van der Waals surface area contributed by atoms with E-state index in [0.717, 1.165) is 0 Å². The van der Waals surface area contributed by atoms with Crippen molar-refractivity contribution in [1.29, 1.82) is 0 Å². The van der Waals surface area contributed by atoms with Crippen LogP contribution in [0.25, 0.3) is 0 Å². The lowest BCUT2D eigenvalue weighted by molar-refractivity contribution is 0.0697. The molecular weight excluding hydrogens is 286 g/mol. The van der Waals surface area contributed by atoms with Gasteiger partial charge in [0.05, 0.1) is 31.2 Å². The Morgan fingerprint density at radius 1 is 1.09 bits per heavy atom. The van der Waals surface area contributed by atoms with E-state index in [-0.39, 0.29) is 5.56 Å². The first-order chi connectivity index (χ1) is 10.5. The van der Waals surface area contributed by atoms with Crippen LogP contribution in [0.5, 0.6) is 11.5 Å². The SMILES string of the molecule is COc1cc(N=Nc2cccc(C(=O)O)c2)c(OC)cc1N. The number of hydrogen-bond donors (Lipinski definition) is 2. The van der Waals surface area contributed by atoms with E-state index in [1.54, 1.807) is 24.3 Å². The van der Waals surface area contributed by atoms with E-state index in [9.17, 15) is 4.79 Å². The van der Waals surface area contributed by atoms with Gasteiger partial charge in [-0.2, -0.15) is 5.11 Å². The number of nitrogens with zero attached hydrogens (tertiary/aromatic N) is 2. The number of benzene rings is 2. The number of rotatable bonds is 5. The summed E-state index contributed by atoms with van der Waals surface area (Å²) in [5.74, 6) is -0.130. The zero-order valence-corrected chi connectivity index (χ0v) is 12.1. The summed E-state index contributed by atoms with van der Waals surface area (Å²) in [6.07, 6.45) is 0. The highest BCUT2D eigenvalue weighted by molar-refractivity contribution is 5.88. The van der Waals surface area contributed by atoms with E-state index in [2.05, 4.69) is 10.2 Å². The Balaban J connectivity index is 2.37. The Labute approximate surface area is 127 Å². The van der Waals surface area contributed by atoms with Crippen LogP contribution in [-0.2, 0) is 0 Å². The number of carboxylic acid groups (broad SMARTS) is 1. The molecule has 0 saturated carbocycles. The number of nitrogens with two attached hydrogens (primary N) is 1. The lowest BCUT2D eigenvalue weighted by Crippen LogP contribution is -1.94. The number of azo groups is 1. The molecule has 0 aliphatic rings. The largest absolute Gasteiger partial charge is 0.495 e. The van der Waals surface area contributed by atoms with Crippen LogP contribution in [0.3, 0.4) is 0 Å². The fourth-order valence-electron chi connectivity index (χ4n) is 1.80. The zero-order valence-electron chi connectivity index (χ0n) is 12.1. The number of ether oxygens (including phenoxy) is 2. The second-order valence-electron chi connectivity index (χ2n) is 4.32. The Morgan fingerprint density at radius 3 is 2.45 bits per heavy atom. The van der Waals surface area contributed by atoms with Crippen molar-refractivity contribution in [2.75, 3.05) is 20.0 Å². The van der Waals surface area contributed by atoms with Gasteiger partial charge in [0.25, 0.3) is 0 Å². The maximum Gasteiger partial charge on any atom is 0.335 e. The van der Waals surface area contributed by atoms with Crippen molar-refractivity contribution in [2.45, 2.75) is 0 Å². The van der Waals surface area contributed by atoms with Gasteiger partial charge >= 0.3 is 5.97 Å². The molecule has 0 aliphatic carbocycles. The second-order valence-corrected chi connectivity index (χ2v) is 4.32. The molecule has 2 aromatic rings. The zero-order chi connectivity index (χ0) is 16.1. The third-order valence-electron chi connectivity index (χ3n) is 2.90. The first-order valence-corrected chi connectivity index (χ1v) is 6.31. The predicted octanol–water partition coefficient (Wildman–Crippen LogP) is 3.40. The Bertz CT molecular complexity index is 729. The molecule has 0 spiro atoms. The van der Waals surface area contributed by atoms with Gasteiger partial charge in [0, 0.05) is 12.1 Å². The summed E-state index contributed by atoms with van der Waals surface area (Å²) in [6, 6.07) is 9.33. The van der Waals surface area contributed by atoms with Gasteiger partial charge in [-0.15, -0.1) is 5.11 Å². The molecule has 114 valence electrons. The van der Waals surface area contributed by atoms with E-state index in [1.165, 1.54) is 26.4 Å². The van der Waals surface area contributed by atoms with E-state index in [0.29, 0.717) is 28.6 Å². The lowest BCUT2D eigenvalue weighted by atomic mass is 10.2. The molecule has 22 heavy (non-hydrogen) atoms. The molecule has 0 heterocycles. The van der Waals surface area contributed by atoms with Crippen LogP contribution in [0.2, 0.25) is 0 Å². The topological polar surface area (TPSA) is 106 Å². The number of methoxy groups -OCH3 is 2. The lowest BCUT2D eigenvalue weighted by Gasteiger charge is -2.09. The van der Waals surface area contributed by atoms with Gasteiger partial charge in [0.1, 0.15) is 17.2 Å². The molecule has 2 rings (SSSR count). The van der Waals surface area contributed by atoms with E-state index in [1.807, 2.05) is 0 Å². The molecule has 0 aromatic heterocycles. The molecule has 0 atom stereocenters. The standard InChI is InChI=1S/C15H15N3O4/c1-21-13-8-12(14(22-2)7-11(13)16)18-17-10-5-3-4-9(6-10)15(19)20/h3-8H,16H2,1-2H3,(H,19,20). The average Bonchev–Trinajstić information content (AvgIpc) is 2.53. The summed E-state index contributed by atoms with van der Waals surface area (Å²) in [5, 5.41) is 17.0. The first kappa shape index (κ1) is 15.3. The Hall–Kier alpha value is -3.09. The summed E-state index contributed by atoms with van der Waals surface area (Å²) < 4.78 is 10.3. The van der Waals surface area contributed by atoms with E-state index >= 15 is 0 Å². The summed E-state index contributed by atoms with van der Waals surface area (Å²) in [4.78, 5) is 10.9. The van der Waals surface area contributed by atoms with Crippen LogP contribution < -0.4 is 15.2 Å². The summed E-state index contributed by atoms with van der Waals surface area (Å²) in [6.45, 7) is 0. The Morgan fingerprint density at radius 2 is 1.82 bits per heavy atom. The summed E-state index contributed by atoms with van der Waals surface area (Å²) in [5.41, 5.74) is 7.19. The fourth-order valence-corrected chi connectivity index (χ4v) is 1.80. The first-order valence-electron chi connectivity index (χ1n) is 6.31. The highest BCUT2D eigenvalue weighted by atomic mass is 16.5. The molecule has 0 aliphatic heterocycles. The number of nitrogen functional groups attached to an aromatic ring is 1. The quantitative estimate of drug-likeness (QED) is 0.650. The maximum atomic E-state index is 10.9. The van der Waals surface area contributed by atoms with Gasteiger partial charge in [-0.3, -0.25) is 0 Å². The Kier molecular flexibility index (Phi) is 4.57. The van der Waals surface area contributed by atoms with Crippen LogP contribution in [-0.4, -0.2) is 25.3 Å². The molecule has 0 bridgehead atoms. The van der Waals surface area contributed by atoms with Crippen LogP contribution in [0, 0.1) is 0 Å². The van der Waals surface area contributed by atoms with Crippen LogP contribution >= 0.6 is 0 Å². The normalized spacial score (nSPS) is 10.6. The molecule has 0 fully saturated rings. The van der Waals surface area contributed by atoms with E-state index in [4.69, 9.17) is 20.3 Å². The molecule has 2 aromatic carbocycles. The molecule has 0 amide bonds. The maximum absolute atomic E-state index is 10.9. The number of anilines is 1. The van der Waals surface area contributed by atoms with Gasteiger partial charge in [-0.1, -0.05) is 6.07 Å². The average molecular weight is 301 g/mol. The highest BCUT2D eigenvalue weighted by Gasteiger charge is 2.09. The third kappa shape index (κ3) is 3.32. The summed E-state index contributed by atoms with van der Waals surface area (Å²) >= 11 is 0. The van der Waals surface area contributed by atoms with Crippen molar-refractivity contribution in [2.24, 2.45) is 10.2 Å². The van der Waals surface area contributed by atoms with Crippen molar-refractivity contribution in [3.8, 4) is 11.5 Å². The van der Waals surface area contributed by atoms with Gasteiger partial charge in [0.2, 0.25) is 0 Å². The van der Waals surface area contributed by atoms with Gasteiger partial charge in [-0.05, 0) is 18.2 Å². The smallest absolute Gasteiger partial charge is 0.335 e. The number of aromatic carboxylic acids is 1. The van der Waals surface area contributed by atoms with E-state index < -0.39 is 5.97 Å². The number of carbonyl (C=O) groups is 1. The molecule has 0 saturated heterocycles. The molecule has 0 unspecified atom stereocenters. The van der Waals surface area contributed by atoms with Crippen molar-refractivity contribution < 1.29 is 19.4 Å². The molecule has 7 heteroatoms. The van der Waals surface area contributed by atoms with Gasteiger partial charge in [-0.25, -0.2) is 4.79 Å². The van der Waals surface area contributed by atoms with Gasteiger partial charge in [0.15, 0.2) is 0 Å². The van der Waals surface area contributed by atoms with Crippen LogP contribution in [0.4, 0.5) is 17.1 Å². The fraction of sp³-hybridized carbons (Fsp3) is 0.133. The summed E-state index contributed by atoms with van der Waals surface area (Å²) in [7, 11) is 2.99. The second kappa shape index (κ2) is 6.57. The third-order valence-corrected chi connectivity index (χ3v) is 2.90. The molecule has 3 N–H and O–H groups in total. The minimum absolute atomic E-state index is 0.137. The van der Waals surface area contributed by atoms with Gasteiger partial charge < -0.3 is 20.3 Å². The van der Waals surface area contributed by atoms with Crippen LogP contribution in [0.15, 0.2) is 46.6 Å². The van der Waals surface area contributed by atoms with Crippen molar-refractivity contribution in [1.82, 2.24) is 0 Å². The van der Waals surface area contributed by atoms with Crippen molar-refractivity contribution in [3.05, 3.63) is 42.0 Å². The monoisotopic (exact) mass is 301 g/mol. The van der Waals surface area contributed by atoms with Crippen LogP contribution in [0.1, 0.15) is 10.4 Å². The van der Waals surface area contributed by atoms with Crippen molar-refractivity contribution in [3.63, 3.8) is 0 Å². The number of hydrogen-bond acceptors (Lipinski definition) is 6. The van der Waals surface area contributed by atoms with Crippen molar-refractivity contribution >= 4 is 23.0 Å².